The number of nitrogens with zero attached hydrogens (tertiary/aromatic N) is 4. The number of hydrogen-bond acceptors (Lipinski definition) is 5. The van der Waals surface area contributed by atoms with Gasteiger partial charge >= 0.3 is 0 Å². The summed E-state index contributed by atoms with van der Waals surface area (Å²) in [7, 11) is 0. The SMILES string of the molecule is CCC(C#N)C(=O)Nc1nccnn1. The van der Waals surface area contributed by atoms with Crippen molar-refractivity contribution in [2.75, 3.05) is 5.32 Å². The largest absolute Gasteiger partial charge is 0.292 e. The molecule has 1 aromatic rings. The van der Waals surface area contributed by atoms with E-state index < -0.39 is 11.8 Å². The first kappa shape index (κ1) is 10.1. The highest BCUT2D eigenvalue weighted by atomic mass is 16.2. The molecule has 1 N–H and O–H groups in total. The normalized spacial score (nSPS) is 11.4. The Morgan fingerprint density at radius 3 is 3.00 bits per heavy atom. The highest BCUT2D eigenvalue weighted by molar-refractivity contribution is 5.92. The van der Waals surface area contributed by atoms with Crippen LogP contribution in [0, 0.1) is 17.2 Å². The highest BCUT2D eigenvalue weighted by Crippen LogP contribution is 2.03. The molecule has 0 aliphatic carbocycles. The third-order valence-electron chi connectivity index (χ3n) is 1.60. The van der Waals surface area contributed by atoms with Crippen LogP contribution in [0.4, 0.5) is 5.95 Å². The van der Waals surface area contributed by atoms with Gasteiger partial charge in [0, 0.05) is 0 Å². The number of hydrogen-bond donors (Lipinski definition) is 1. The van der Waals surface area contributed by atoms with E-state index in [9.17, 15) is 4.79 Å². The van der Waals surface area contributed by atoms with Crippen LogP contribution in [0.2, 0.25) is 0 Å². The second-order valence-corrected chi connectivity index (χ2v) is 2.55. The fraction of sp³-hybridized carbons (Fsp3) is 0.375. The van der Waals surface area contributed by atoms with Gasteiger partial charge in [0.15, 0.2) is 0 Å². The van der Waals surface area contributed by atoms with Crippen molar-refractivity contribution in [3.05, 3.63) is 12.4 Å². The van der Waals surface area contributed by atoms with E-state index in [1.54, 1.807) is 6.92 Å². The van der Waals surface area contributed by atoms with Crippen molar-refractivity contribution in [3.8, 4) is 6.07 Å². The van der Waals surface area contributed by atoms with Gasteiger partial charge in [-0.15, -0.1) is 5.10 Å². The first-order valence-electron chi connectivity index (χ1n) is 4.12. The molecule has 0 fully saturated rings. The molecule has 0 aromatic carbocycles. The molecule has 1 atom stereocenters. The minimum atomic E-state index is -0.668. The molecule has 6 heteroatoms. The maximum Gasteiger partial charge on any atom is 0.249 e. The van der Waals surface area contributed by atoms with E-state index in [-0.39, 0.29) is 5.95 Å². The van der Waals surface area contributed by atoms with E-state index >= 15 is 0 Å². The molecule has 1 amide bonds. The lowest BCUT2D eigenvalue weighted by molar-refractivity contribution is -0.118. The molecule has 0 bridgehead atoms. The Bertz CT molecular complexity index is 344. The average molecular weight is 191 g/mol. The van der Waals surface area contributed by atoms with Gasteiger partial charge in [0.1, 0.15) is 5.92 Å². The van der Waals surface area contributed by atoms with Crippen molar-refractivity contribution < 1.29 is 4.79 Å². The fourth-order valence-corrected chi connectivity index (χ4v) is 0.837. The summed E-state index contributed by atoms with van der Waals surface area (Å²) in [5, 5.41) is 18.1. The Labute approximate surface area is 81.0 Å². The van der Waals surface area contributed by atoms with Crippen LogP contribution in [0.25, 0.3) is 0 Å². The molecule has 72 valence electrons. The molecule has 14 heavy (non-hydrogen) atoms. The van der Waals surface area contributed by atoms with Gasteiger partial charge in [0.25, 0.3) is 0 Å². The number of amides is 1. The van der Waals surface area contributed by atoms with Crippen LogP contribution in [0.15, 0.2) is 12.4 Å². The molecule has 0 aliphatic heterocycles. The Morgan fingerprint density at radius 2 is 2.50 bits per heavy atom. The maximum absolute atomic E-state index is 11.3. The smallest absolute Gasteiger partial charge is 0.249 e. The zero-order valence-corrected chi connectivity index (χ0v) is 7.64. The maximum atomic E-state index is 11.3. The summed E-state index contributed by atoms with van der Waals surface area (Å²) in [5.74, 6) is -0.951. The molecule has 0 saturated heterocycles. The number of nitriles is 1. The van der Waals surface area contributed by atoms with Gasteiger partial charge in [-0.1, -0.05) is 6.92 Å². The van der Waals surface area contributed by atoms with Crippen molar-refractivity contribution in [2.24, 2.45) is 5.92 Å². The average Bonchev–Trinajstić information content (AvgIpc) is 2.21. The number of nitrogens with one attached hydrogen (secondary N) is 1. The highest BCUT2D eigenvalue weighted by Gasteiger charge is 2.16. The number of carbonyl (C=O) groups is 1. The van der Waals surface area contributed by atoms with Gasteiger partial charge in [0.2, 0.25) is 11.9 Å². The van der Waals surface area contributed by atoms with Crippen LogP contribution in [-0.2, 0) is 4.79 Å². The fourth-order valence-electron chi connectivity index (χ4n) is 0.837. The van der Waals surface area contributed by atoms with Crippen LogP contribution in [-0.4, -0.2) is 21.1 Å². The van der Waals surface area contributed by atoms with Gasteiger partial charge in [-0.2, -0.15) is 10.4 Å². The number of aromatic nitrogens is 3. The number of anilines is 1. The van der Waals surface area contributed by atoms with Crippen LogP contribution in [0.1, 0.15) is 13.3 Å². The molecule has 0 radical (unpaired) electrons. The summed E-state index contributed by atoms with van der Waals surface area (Å²) in [6.07, 6.45) is 3.27. The molecule has 1 unspecified atom stereocenters. The third kappa shape index (κ3) is 2.48. The predicted molar refractivity (Wildman–Crippen MR) is 47.9 cm³/mol. The van der Waals surface area contributed by atoms with Gasteiger partial charge in [-0.3, -0.25) is 10.1 Å². The molecule has 1 rings (SSSR count). The summed E-state index contributed by atoms with van der Waals surface area (Å²) in [6.45, 7) is 1.76. The topological polar surface area (TPSA) is 91.6 Å². The second kappa shape index (κ2) is 4.87. The predicted octanol–water partition coefficient (Wildman–Crippen LogP) is 0.360. The lowest BCUT2D eigenvalue weighted by atomic mass is 10.1. The van der Waals surface area contributed by atoms with Crippen molar-refractivity contribution in [3.63, 3.8) is 0 Å². The van der Waals surface area contributed by atoms with Crippen LogP contribution >= 0.6 is 0 Å². The van der Waals surface area contributed by atoms with Crippen LogP contribution in [0.5, 0.6) is 0 Å². The van der Waals surface area contributed by atoms with Crippen molar-refractivity contribution in [1.82, 2.24) is 15.2 Å². The lowest BCUT2D eigenvalue weighted by Gasteiger charge is -2.04. The number of rotatable bonds is 3. The Hall–Kier alpha value is -2.03. The second-order valence-electron chi connectivity index (χ2n) is 2.55. The summed E-state index contributed by atoms with van der Waals surface area (Å²) >= 11 is 0. The Balaban J connectivity index is 2.62. The van der Waals surface area contributed by atoms with Gasteiger partial charge < -0.3 is 0 Å². The van der Waals surface area contributed by atoms with Gasteiger partial charge in [-0.05, 0) is 6.42 Å². The summed E-state index contributed by atoms with van der Waals surface area (Å²) < 4.78 is 0. The molecular formula is C8H9N5O. The zero-order chi connectivity index (χ0) is 10.4. The van der Waals surface area contributed by atoms with Crippen molar-refractivity contribution in [2.45, 2.75) is 13.3 Å². The third-order valence-corrected chi connectivity index (χ3v) is 1.60. The van der Waals surface area contributed by atoms with Gasteiger partial charge in [0.05, 0.1) is 18.5 Å². The van der Waals surface area contributed by atoms with Crippen LogP contribution in [0.3, 0.4) is 0 Å². The zero-order valence-electron chi connectivity index (χ0n) is 7.64. The van der Waals surface area contributed by atoms with E-state index in [1.807, 2.05) is 6.07 Å². The Kier molecular flexibility index (Phi) is 3.49. The summed E-state index contributed by atoms with van der Waals surface area (Å²) in [4.78, 5) is 15.1. The molecular weight excluding hydrogens is 182 g/mol. The minimum Gasteiger partial charge on any atom is -0.292 e. The van der Waals surface area contributed by atoms with E-state index in [1.165, 1.54) is 12.4 Å². The first-order valence-corrected chi connectivity index (χ1v) is 4.12. The van der Waals surface area contributed by atoms with E-state index in [4.69, 9.17) is 5.26 Å². The monoisotopic (exact) mass is 191 g/mol. The molecule has 0 saturated carbocycles. The van der Waals surface area contributed by atoms with Crippen LogP contribution < -0.4 is 5.32 Å². The lowest BCUT2D eigenvalue weighted by Crippen LogP contribution is -2.22. The Morgan fingerprint density at radius 1 is 1.71 bits per heavy atom. The minimum absolute atomic E-state index is 0.117. The van der Waals surface area contributed by atoms with Crippen molar-refractivity contribution in [1.29, 1.82) is 5.26 Å². The quantitative estimate of drug-likeness (QED) is 0.744. The van der Waals surface area contributed by atoms with Crippen molar-refractivity contribution >= 4 is 11.9 Å². The van der Waals surface area contributed by atoms with Gasteiger partial charge in [-0.25, -0.2) is 4.98 Å². The molecule has 1 heterocycles. The number of carbonyl (C=O) groups excluding carboxylic acids is 1. The van der Waals surface area contributed by atoms with E-state index in [0.717, 1.165) is 0 Å². The van der Waals surface area contributed by atoms with E-state index in [2.05, 4.69) is 20.5 Å². The molecule has 1 aromatic heterocycles. The molecule has 6 nitrogen and oxygen atoms in total. The molecule has 0 spiro atoms. The summed E-state index contributed by atoms with van der Waals surface area (Å²) in [5.41, 5.74) is 0. The molecule has 0 aliphatic rings. The standard InChI is InChI=1S/C8H9N5O/c1-2-6(5-9)7(14)12-8-10-3-4-11-13-8/h3-4,6H,2H2,1H3,(H,10,12,13,14). The first-order chi connectivity index (χ1) is 6.77. The van der Waals surface area contributed by atoms with E-state index in [0.29, 0.717) is 6.42 Å². The summed E-state index contributed by atoms with van der Waals surface area (Å²) in [6, 6.07) is 1.88.